The fourth-order valence-corrected chi connectivity index (χ4v) is 6.74. The molecule has 0 bridgehead atoms. The van der Waals surface area contributed by atoms with Crippen molar-refractivity contribution in [2.45, 2.75) is 44.0 Å². The lowest BCUT2D eigenvalue weighted by Crippen LogP contribution is -2.63. The van der Waals surface area contributed by atoms with E-state index in [1.165, 1.54) is 19.0 Å². The summed E-state index contributed by atoms with van der Waals surface area (Å²) in [7, 11) is 3.08. The number of hydrogen-bond acceptors (Lipinski definition) is 10. The number of allylic oxidation sites excluding steroid dienone is 1. The number of amides is 1. The largest absolute Gasteiger partial charge is 0.510 e. The lowest BCUT2D eigenvalue weighted by atomic mass is 9.58. The Morgan fingerprint density at radius 2 is 1.82 bits per heavy atom. The molecule has 1 aromatic carbocycles. The van der Waals surface area contributed by atoms with Gasteiger partial charge in [-0.1, -0.05) is 0 Å². The van der Waals surface area contributed by atoms with E-state index in [0.717, 1.165) is 0 Å². The van der Waals surface area contributed by atoms with Crippen LogP contribution in [0.3, 0.4) is 0 Å². The number of aromatic hydroxyl groups is 1. The summed E-state index contributed by atoms with van der Waals surface area (Å²) in [6.07, 6.45) is 0.247. The third-order valence-electron chi connectivity index (χ3n) is 8.43. The lowest BCUT2D eigenvalue weighted by Gasteiger charge is -2.50. The fraction of sp³-hybridized carbons (Fsp3) is 0.500. The summed E-state index contributed by atoms with van der Waals surface area (Å²) < 4.78 is 15.8. The van der Waals surface area contributed by atoms with E-state index >= 15 is 4.39 Å². The van der Waals surface area contributed by atoms with Crippen LogP contribution in [0.4, 0.5) is 4.39 Å². The molecule has 0 radical (unpaired) electrons. The molecule has 0 unspecified atom stereocenters. The second kappa shape index (κ2) is 8.87. The third kappa shape index (κ3) is 3.37. The van der Waals surface area contributed by atoms with E-state index in [0.29, 0.717) is 13.0 Å². The highest BCUT2D eigenvalue weighted by atomic mass is 19.1. The van der Waals surface area contributed by atoms with Gasteiger partial charge in [0, 0.05) is 54.4 Å². The van der Waals surface area contributed by atoms with Crippen molar-refractivity contribution in [3.63, 3.8) is 0 Å². The Labute approximate surface area is 217 Å². The third-order valence-corrected chi connectivity index (χ3v) is 8.43. The highest BCUT2D eigenvalue weighted by Crippen LogP contribution is 2.53. The number of phenolic OH excluding ortho intramolecular Hbond substituents is 1. The van der Waals surface area contributed by atoms with Gasteiger partial charge < -0.3 is 31.3 Å². The molecule has 0 saturated heterocycles. The molecule has 3 aliphatic carbocycles. The maximum absolute atomic E-state index is 15.8. The second-order valence-corrected chi connectivity index (χ2v) is 10.7. The molecule has 0 aromatic heterocycles. The number of benzene rings is 1. The van der Waals surface area contributed by atoms with Gasteiger partial charge in [-0.3, -0.25) is 24.2 Å². The second-order valence-electron chi connectivity index (χ2n) is 10.7. The van der Waals surface area contributed by atoms with Crippen molar-refractivity contribution in [3.8, 4) is 5.75 Å². The SMILES string of the molecule is CN(C)[C@@H]1C(O)=C(C(N)=O)C(=O)[C@@]2(O)C(O)=C3C(=O)c4c(O)c5c(c(F)c4C[C@H]3C[C@@H]12)CN(CCCO)C5. The van der Waals surface area contributed by atoms with Gasteiger partial charge in [-0.15, -0.1) is 0 Å². The zero-order valence-electron chi connectivity index (χ0n) is 21.0. The molecule has 1 heterocycles. The highest BCUT2D eigenvalue weighted by Gasteiger charge is 2.63. The number of ketones is 2. The summed E-state index contributed by atoms with van der Waals surface area (Å²) in [5, 5.41) is 53.9. The molecule has 38 heavy (non-hydrogen) atoms. The molecule has 1 aromatic rings. The van der Waals surface area contributed by atoms with Gasteiger partial charge in [-0.05, 0) is 39.3 Å². The number of aliphatic hydroxyl groups excluding tert-OH is 3. The zero-order valence-corrected chi connectivity index (χ0v) is 21.0. The first-order valence-electron chi connectivity index (χ1n) is 12.4. The number of fused-ring (bicyclic) bond motifs is 4. The number of aliphatic hydroxyl groups is 4. The summed E-state index contributed by atoms with van der Waals surface area (Å²) in [4.78, 5) is 42.4. The van der Waals surface area contributed by atoms with E-state index < -0.39 is 69.6 Å². The topological polar surface area (TPSA) is 185 Å². The molecule has 1 aliphatic heterocycles. The summed E-state index contributed by atoms with van der Waals surface area (Å²) in [5.41, 5.74) is 1.55. The predicted octanol–water partition coefficient (Wildman–Crippen LogP) is -0.0423. The molecular formula is C26H30FN3O8. The smallest absolute Gasteiger partial charge is 0.255 e. The summed E-state index contributed by atoms with van der Waals surface area (Å²) in [6, 6.07) is -1.11. The number of nitrogens with zero attached hydrogens (tertiary/aromatic N) is 2. The number of phenols is 1. The Balaban J connectivity index is 1.66. The van der Waals surface area contributed by atoms with Crippen LogP contribution in [0.1, 0.15) is 39.9 Å². The number of carbonyl (C=O) groups excluding carboxylic acids is 3. The first kappa shape index (κ1) is 26.3. The van der Waals surface area contributed by atoms with Crippen molar-refractivity contribution < 1.29 is 44.3 Å². The van der Waals surface area contributed by atoms with Crippen LogP contribution in [0.2, 0.25) is 0 Å². The molecule has 1 amide bonds. The minimum absolute atomic E-state index is 0.0108. The molecule has 4 atom stereocenters. The number of primary amides is 1. The van der Waals surface area contributed by atoms with E-state index in [2.05, 4.69) is 0 Å². The monoisotopic (exact) mass is 531 g/mol. The van der Waals surface area contributed by atoms with Gasteiger partial charge in [-0.2, -0.15) is 0 Å². The Kier molecular flexibility index (Phi) is 6.14. The summed E-state index contributed by atoms with van der Waals surface area (Å²) >= 11 is 0. The predicted molar refractivity (Wildman–Crippen MR) is 129 cm³/mol. The lowest BCUT2D eigenvalue weighted by molar-refractivity contribution is -0.148. The standard InChI is InChI=1S/C26H30FN3O8/c1-29(2)19-14-7-10-6-11-16(20(32)13-9-30(4-3-5-31)8-12(13)18(11)27)21(33)15(10)23(35)26(14,38)24(36)17(22(19)34)25(28)37/h10,14,19,31-32,34-35,38H,3-9H2,1-2H3,(H2,28,37)/t10-,14-,19-,26-/m0/s1. The Morgan fingerprint density at radius 3 is 2.42 bits per heavy atom. The molecule has 12 heteroatoms. The minimum atomic E-state index is -2.74. The van der Waals surface area contributed by atoms with Crippen LogP contribution in [0.25, 0.3) is 0 Å². The normalized spacial score (nSPS) is 28.9. The number of Topliss-reactive ketones (excluding diaryl/α,β-unsaturated/α-hetero) is 2. The highest BCUT2D eigenvalue weighted by molar-refractivity contribution is 6.24. The Hall–Kier alpha value is -3.32. The minimum Gasteiger partial charge on any atom is -0.510 e. The number of carbonyl (C=O) groups is 3. The average Bonchev–Trinajstić information content (AvgIpc) is 3.28. The van der Waals surface area contributed by atoms with Crippen LogP contribution in [0.15, 0.2) is 22.7 Å². The molecule has 5 rings (SSSR count). The summed E-state index contributed by atoms with van der Waals surface area (Å²) in [5.74, 6) is -8.24. The number of nitrogens with two attached hydrogens (primary N) is 1. The molecule has 0 spiro atoms. The van der Waals surface area contributed by atoms with Gasteiger partial charge in [0.25, 0.3) is 5.91 Å². The quantitative estimate of drug-likeness (QED) is 0.282. The Morgan fingerprint density at radius 1 is 1.16 bits per heavy atom. The van der Waals surface area contributed by atoms with Gasteiger partial charge in [-0.25, -0.2) is 4.39 Å². The molecular weight excluding hydrogens is 501 g/mol. The van der Waals surface area contributed by atoms with Crippen molar-refractivity contribution in [1.29, 1.82) is 0 Å². The zero-order chi connectivity index (χ0) is 27.8. The van der Waals surface area contributed by atoms with Crippen molar-refractivity contribution in [3.05, 3.63) is 50.7 Å². The first-order valence-corrected chi connectivity index (χ1v) is 12.4. The van der Waals surface area contributed by atoms with E-state index in [-0.39, 0.29) is 60.4 Å². The van der Waals surface area contributed by atoms with Gasteiger partial charge in [0.2, 0.25) is 5.78 Å². The van der Waals surface area contributed by atoms with Crippen molar-refractivity contribution in [1.82, 2.24) is 9.80 Å². The van der Waals surface area contributed by atoms with Crippen molar-refractivity contribution in [2.75, 3.05) is 27.2 Å². The number of halogens is 1. The summed E-state index contributed by atoms with van der Waals surface area (Å²) in [6.45, 7) is 0.764. The van der Waals surface area contributed by atoms with Gasteiger partial charge in [0.05, 0.1) is 11.6 Å². The molecule has 0 saturated carbocycles. The van der Waals surface area contributed by atoms with E-state index in [1.807, 2.05) is 4.90 Å². The van der Waals surface area contributed by atoms with Crippen LogP contribution < -0.4 is 5.73 Å². The van der Waals surface area contributed by atoms with Crippen LogP contribution in [0.5, 0.6) is 5.75 Å². The van der Waals surface area contributed by atoms with E-state index in [9.17, 15) is 34.8 Å². The number of hydrogen-bond donors (Lipinski definition) is 6. The maximum Gasteiger partial charge on any atom is 0.255 e. The van der Waals surface area contributed by atoms with Crippen LogP contribution in [0, 0.1) is 17.7 Å². The van der Waals surface area contributed by atoms with Crippen molar-refractivity contribution in [2.24, 2.45) is 17.6 Å². The number of likely N-dealkylation sites (N-methyl/N-ethyl adjacent to an activating group) is 1. The van der Waals surface area contributed by atoms with E-state index in [1.54, 1.807) is 0 Å². The van der Waals surface area contributed by atoms with Crippen LogP contribution >= 0.6 is 0 Å². The molecule has 204 valence electrons. The average molecular weight is 532 g/mol. The molecule has 4 aliphatic rings. The van der Waals surface area contributed by atoms with Crippen molar-refractivity contribution >= 4 is 17.5 Å². The van der Waals surface area contributed by atoms with E-state index in [4.69, 9.17) is 10.8 Å². The van der Waals surface area contributed by atoms with Crippen LogP contribution in [-0.4, -0.2) is 91.7 Å². The molecule has 11 nitrogen and oxygen atoms in total. The number of rotatable bonds is 5. The first-order chi connectivity index (χ1) is 17.9. The maximum atomic E-state index is 15.8. The molecule has 0 fully saturated rings. The Bertz CT molecular complexity index is 1350. The molecule has 7 N–H and O–H groups in total. The van der Waals surface area contributed by atoms with Gasteiger partial charge >= 0.3 is 0 Å². The van der Waals surface area contributed by atoms with Gasteiger partial charge in [0.1, 0.15) is 28.7 Å². The van der Waals surface area contributed by atoms with Gasteiger partial charge in [0.15, 0.2) is 11.4 Å². The fourth-order valence-electron chi connectivity index (χ4n) is 6.74. The van der Waals surface area contributed by atoms with Crippen LogP contribution in [-0.2, 0) is 29.1 Å².